The van der Waals surface area contributed by atoms with Gasteiger partial charge >= 0.3 is 5.97 Å². The molecule has 0 atom stereocenters. The van der Waals surface area contributed by atoms with Crippen LogP contribution in [0.1, 0.15) is 15.4 Å². The molecule has 0 radical (unpaired) electrons. The van der Waals surface area contributed by atoms with E-state index in [0.29, 0.717) is 4.88 Å². The first kappa shape index (κ1) is 18.2. The summed E-state index contributed by atoms with van der Waals surface area (Å²) in [5, 5.41) is 5.37. The zero-order valence-electron chi connectivity index (χ0n) is 15.1. The van der Waals surface area contributed by atoms with E-state index in [-0.39, 0.29) is 19.0 Å². The SMILES string of the molecule is Cc1nn(-c2ccc(F)cc2)c2sc(C(=O)OCCOc3ccccc3)cc12. The fraction of sp³-hybridized carbons (Fsp3) is 0.143. The first-order valence-electron chi connectivity index (χ1n) is 8.72. The van der Waals surface area contributed by atoms with Crippen molar-refractivity contribution in [1.82, 2.24) is 9.78 Å². The van der Waals surface area contributed by atoms with Gasteiger partial charge in [-0.3, -0.25) is 0 Å². The van der Waals surface area contributed by atoms with E-state index in [2.05, 4.69) is 5.10 Å². The Balaban J connectivity index is 1.46. The monoisotopic (exact) mass is 396 g/mol. The second-order valence-corrected chi connectivity index (χ2v) is 7.13. The predicted octanol–water partition coefficient (Wildman–Crippen LogP) is 4.77. The molecule has 0 saturated carbocycles. The van der Waals surface area contributed by atoms with E-state index >= 15 is 0 Å². The zero-order chi connectivity index (χ0) is 19.5. The summed E-state index contributed by atoms with van der Waals surface area (Å²) in [6, 6.07) is 17.2. The number of benzene rings is 2. The lowest BCUT2D eigenvalue weighted by Crippen LogP contribution is -2.11. The van der Waals surface area contributed by atoms with Gasteiger partial charge in [-0.2, -0.15) is 5.10 Å². The first-order valence-corrected chi connectivity index (χ1v) is 9.53. The van der Waals surface area contributed by atoms with Crippen molar-refractivity contribution in [2.45, 2.75) is 6.92 Å². The van der Waals surface area contributed by atoms with Crippen LogP contribution in [0.3, 0.4) is 0 Å². The van der Waals surface area contributed by atoms with Crippen LogP contribution in [0.4, 0.5) is 4.39 Å². The van der Waals surface area contributed by atoms with Crippen LogP contribution in [0.5, 0.6) is 5.75 Å². The van der Waals surface area contributed by atoms with Crippen LogP contribution in [-0.2, 0) is 4.74 Å². The number of rotatable bonds is 6. The molecular formula is C21H17FN2O3S. The Hall–Kier alpha value is -3.19. The summed E-state index contributed by atoms with van der Waals surface area (Å²) in [6.07, 6.45) is 0. The van der Waals surface area contributed by atoms with Crippen molar-refractivity contribution in [2.75, 3.05) is 13.2 Å². The number of halogens is 1. The number of hydrogen-bond acceptors (Lipinski definition) is 5. The molecule has 5 nitrogen and oxygen atoms in total. The van der Waals surface area contributed by atoms with E-state index in [1.807, 2.05) is 37.3 Å². The highest BCUT2D eigenvalue weighted by atomic mass is 32.1. The molecule has 142 valence electrons. The van der Waals surface area contributed by atoms with Gasteiger partial charge in [-0.25, -0.2) is 13.9 Å². The van der Waals surface area contributed by atoms with Crippen molar-refractivity contribution >= 4 is 27.5 Å². The van der Waals surface area contributed by atoms with Gasteiger partial charge in [0.1, 0.15) is 34.5 Å². The number of thiophene rings is 1. The number of nitrogens with zero attached hydrogens (tertiary/aromatic N) is 2. The maximum absolute atomic E-state index is 13.2. The van der Waals surface area contributed by atoms with Gasteiger partial charge in [0, 0.05) is 5.39 Å². The van der Waals surface area contributed by atoms with Crippen LogP contribution < -0.4 is 4.74 Å². The molecule has 0 fully saturated rings. The molecule has 0 amide bonds. The number of ether oxygens (including phenoxy) is 2. The second-order valence-electron chi connectivity index (χ2n) is 6.10. The van der Waals surface area contributed by atoms with Crippen molar-refractivity contribution in [3.05, 3.63) is 77.1 Å². The van der Waals surface area contributed by atoms with Gasteiger partial charge in [0.2, 0.25) is 0 Å². The van der Waals surface area contributed by atoms with Crippen LogP contribution in [0.25, 0.3) is 15.9 Å². The van der Waals surface area contributed by atoms with E-state index in [1.165, 1.54) is 23.5 Å². The second kappa shape index (κ2) is 7.82. The first-order chi connectivity index (χ1) is 13.6. The lowest BCUT2D eigenvalue weighted by atomic mass is 10.3. The average Bonchev–Trinajstić information content (AvgIpc) is 3.27. The Labute approximate surface area is 164 Å². The summed E-state index contributed by atoms with van der Waals surface area (Å²) in [5.41, 5.74) is 1.53. The minimum absolute atomic E-state index is 0.158. The van der Waals surface area contributed by atoms with Crippen LogP contribution in [-0.4, -0.2) is 29.0 Å². The lowest BCUT2D eigenvalue weighted by Gasteiger charge is -2.06. The summed E-state index contributed by atoms with van der Waals surface area (Å²) in [5.74, 6) is 0.0235. The maximum atomic E-state index is 13.2. The molecule has 0 aliphatic heterocycles. The largest absolute Gasteiger partial charge is 0.490 e. The van der Waals surface area contributed by atoms with Crippen molar-refractivity contribution in [1.29, 1.82) is 0 Å². The molecule has 2 aromatic heterocycles. The molecule has 7 heteroatoms. The van der Waals surface area contributed by atoms with Crippen molar-refractivity contribution < 1.29 is 18.7 Å². The molecular weight excluding hydrogens is 379 g/mol. The third kappa shape index (κ3) is 3.75. The summed E-state index contributed by atoms with van der Waals surface area (Å²) < 4.78 is 25.7. The molecule has 0 spiro atoms. The molecule has 4 aromatic rings. The predicted molar refractivity (Wildman–Crippen MR) is 106 cm³/mol. The van der Waals surface area contributed by atoms with E-state index in [0.717, 1.165) is 27.3 Å². The van der Waals surface area contributed by atoms with E-state index < -0.39 is 5.97 Å². The Kier molecular flexibility index (Phi) is 5.08. The third-order valence-electron chi connectivity index (χ3n) is 4.15. The zero-order valence-corrected chi connectivity index (χ0v) is 15.9. The Morgan fingerprint density at radius 3 is 2.61 bits per heavy atom. The smallest absolute Gasteiger partial charge is 0.348 e. The van der Waals surface area contributed by atoms with E-state index in [9.17, 15) is 9.18 Å². The third-order valence-corrected chi connectivity index (χ3v) is 5.24. The summed E-state index contributed by atoms with van der Waals surface area (Å²) >= 11 is 1.30. The molecule has 2 heterocycles. The van der Waals surface area contributed by atoms with Crippen molar-refractivity contribution in [2.24, 2.45) is 0 Å². The Morgan fingerprint density at radius 2 is 1.86 bits per heavy atom. The number of aromatic nitrogens is 2. The molecule has 0 aliphatic rings. The molecule has 0 bridgehead atoms. The van der Waals surface area contributed by atoms with Gasteiger partial charge in [-0.05, 0) is 49.4 Å². The molecule has 28 heavy (non-hydrogen) atoms. The Morgan fingerprint density at radius 1 is 1.11 bits per heavy atom. The highest BCUT2D eigenvalue weighted by molar-refractivity contribution is 7.20. The van der Waals surface area contributed by atoms with Gasteiger partial charge in [0.05, 0.1) is 11.4 Å². The summed E-state index contributed by atoms with van der Waals surface area (Å²) in [6.45, 7) is 2.31. The fourth-order valence-corrected chi connectivity index (χ4v) is 3.86. The lowest BCUT2D eigenvalue weighted by molar-refractivity contribution is 0.0456. The molecule has 2 aromatic carbocycles. The summed E-state index contributed by atoms with van der Waals surface area (Å²) in [7, 11) is 0. The van der Waals surface area contributed by atoms with Gasteiger partial charge in [-0.15, -0.1) is 11.3 Å². The van der Waals surface area contributed by atoms with Crippen molar-refractivity contribution in [3.63, 3.8) is 0 Å². The Bertz CT molecular complexity index is 1100. The maximum Gasteiger partial charge on any atom is 0.348 e. The normalized spacial score (nSPS) is 10.9. The van der Waals surface area contributed by atoms with Gasteiger partial charge in [0.25, 0.3) is 0 Å². The minimum atomic E-state index is -0.400. The standard InChI is InChI=1S/C21H17FN2O3S/c1-14-18-13-19(21(25)27-12-11-26-17-5-3-2-4-6-17)28-20(18)24(23-14)16-9-7-15(22)8-10-16/h2-10,13H,11-12H2,1H3. The number of carbonyl (C=O) groups is 1. The number of carbonyl (C=O) groups excluding carboxylic acids is 1. The highest BCUT2D eigenvalue weighted by Gasteiger charge is 2.18. The minimum Gasteiger partial charge on any atom is -0.490 e. The molecule has 0 unspecified atom stereocenters. The molecule has 0 saturated heterocycles. The summed E-state index contributed by atoms with van der Waals surface area (Å²) in [4.78, 5) is 13.7. The fourth-order valence-electron chi connectivity index (χ4n) is 2.79. The van der Waals surface area contributed by atoms with Crippen LogP contribution in [0.2, 0.25) is 0 Å². The number of hydrogen-bond donors (Lipinski definition) is 0. The van der Waals surface area contributed by atoms with Crippen LogP contribution in [0.15, 0.2) is 60.7 Å². The number of esters is 1. The molecule has 0 N–H and O–H groups in total. The number of para-hydroxylation sites is 1. The topological polar surface area (TPSA) is 53.4 Å². The van der Waals surface area contributed by atoms with E-state index in [4.69, 9.17) is 9.47 Å². The molecule has 4 rings (SSSR count). The highest BCUT2D eigenvalue weighted by Crippen LogP contribution is 2.30. The molecule has 0 aliphatic carbocycles. The average molecular weight is 396 g/mol. The quantitative estimate of drug-likeness (QED) is 0.348. The van der Waals surface area contributed by atoms with E-state index in [1.54, 1.807) is 22.9 Å². The van der Waals surface area contributed by atoms with Gasteiger partial charge in [0.15, 0.2) is 0 Å². The van der Waals surface area contributed by atoms with Crippen LogP contribution >= 0.6 is 11.3 Å². The van der Waals surface area contributed by atoms with Crippen LogP contribution in [0, 0.1) is 12.7 Å². The van der Waals surface area contributed by atoms with Gasteiger partial charge < -0.3 is 9.47 Å². The number of aryl methyl sites for hydroxylation is 1. The number of fused-ring (bicyclic) bond motifs is 1. The van der Waals surface area contributed by atoms with Gasteiger partial charge in [-0.1, -0.05) is 18.2 Å². The van der Waals surface area contributed by atoms with Crippen molar-refractivity contribution in [3.8, 4) is 11.4 Å².